The van der Waals surface area contributed by atoms with E-state index in [2.05, 4.69) is 10.3 Å². The SMILES string of the molecule is Cc1cc(C)c(NC(=O)c2cccnc2C)c(C(=O)O)c1. The Morgan fingerprint density at radius 3 is 2.48 bits per heavy atom. The zero-order valence-electron chi connectivity index (χ0n) is 12.1. The zero-order valence-corrected chi connectivity index (χ0v) is 12.1. The van der Waals surface area contributed by atoms with Crippen LogP contribution in [0.15, 0.2) is 30.5 Å². The van der Waals surface area contributed by atoms with Crippen LogP contribution in [0.1, 0.15) is 37.5 Å². The summed E-state index contributed by atoms with van der Waals surface area (Å²) in [7, 11) is 0. The third kappa shape index (κ3) is 3.08. The molecular formula is C16H16N2O3. The number of carboxylic acid groups (broad SMARTS) is 1. The van der Waals surface area contributed by atoms with Crippen molar-refractivity contribution in [1.29, 1.82) is 0 Å². The fourth-order valence-electron chi connectivity index (χ4n) is 2.21. The van der Waals surface area contributed by atoms with Gasteiger partial charge in [-0.15, -0.1) is 0 Å². The maximum atomic E-state index is 12.3. The van der Waals surface area contributed by atoms with E-state index < -0.39 is 5.97 Å². The lowest BCUT2D eigenvalue weighted by Crippen LogP contribution is -2.17. The molecule has 5 heteroatoms. The number of aromatic nitrogens is 1. The van der Waals surface area contributed by atoms with E-state index in [-0.39, 0.29) is 11.5 Å². The topological polar surface area (TPSA) is 79.3 Å². The third-order valence-electron chi connectivity index (χ3n) is 3.20. The smallest absolute Gasteiger partial charge is 0.337 e. The average molecular weight is 284 g/mol. The number of amides is 1. The van der Waals surface area contributed by atoms with Gasteiger partial charge in [-0.1, -0.05) is 6.07 Å². The molecule has 0 aliphatic rings. The van der Waals surface area contributed by atoms with E-state index in [1.165, 1.54) is 0 Å². The molecule has 0 aliphatic carbocycles. The number of aromatic carboxylic acids is 1. The van der Waals surface area contributed by atoms with E-state index in [9.17, 15) is 14.7 Å². The van der Waals surface area contributed by atoms with Gasteiger partial charge in [-0.3, -0.25) is 9.78 Å². The second kappa shape index (κ2) is 5.75. The van der Waals surface area contributed by atoms with Crippen molar-refractivity contribution in [3.63, 3.8) is 0 Å². The van der Waals surface area contributed by atoms with Crippen LogP contribution in [0.5, 0.6) is 0 Å². The fraction of sp³-hybridized carbons (Fsp3) is 0.188. The summed E-state index contributed by atoms with van der Waals surface area (Å²) >= 11 is 0. The molecule has 0 saturated carbocycles. The lowest BCUT2D eigenvalue weighted by molar-refractivity contribution is 0.0698. The maximum absolute atomic E-state index is 12.3. The van der Waals surface area contributed by atoms with Gasteiger partial charge in [0, 0.05) is 11.9 Å². The highest BCUT2D eigenvalue weighted by Gasteiger charge is 2.17. The number of benzene rings is 1. The van der Waals surface area contributed by atoms with Crippen molar-refractivity contribution in [2.45, 2.75) is 20.8 Å². The number of nitrogens with one attached hydrogen (secondary N) is 1. The highest BCUT2D eigenvalue weighted by Crippen LogP contribution is 2.24. The number of hydrogen-bond donors (Lipinski definition) is 2. The predicted octanol–water partition coefficient (Wildman–Crippen LogP) is 2.96. The van der Waals surface area contributed by atoms with Gasteiger partial charge in [0.1, 0.15) is 0 Å². The Kier molecular flexibility index (Phi) is 4.03. The predicted molar refractivity (Wildman–Crippen MR) is 79.8 cm³/mol. The van der Waals surface area contributed by atoms with Crippen LogP contribution >= 0.6 is 0 Å². The van der Waals surface area contributed by atoms with Crippen LogP contribution < -0.4 is 5.32 Å². The molecule has 0 aliphatic heterocycles. The second-order valence-corrected chi connectivity index (χ2v) is 4.90. The first-order valence-corrected chi connectivity index (χ1v) is 6.47. The maximum Gasteiger partial charge on any atom is 0.337 e. The van der Waals surface area contributed by atoms with E-state index in [1.807, 2.05) is 13.0 Å². The minimum atomic E-state index is -1.07. The second-order valence-electron chi connectivity index (χ2n) is 4.90. The van der Waals surface area contributed by atoms with Crippen LogP contribution in [0.25, 0.3) is 0 Å². The number of pyridine rings is 1. The highest BCUT2D eigenvalue weighted by molar-refractivity contribution is 6.08. The lowest BCUT2D eigenvalue weighted by Gasteiger charge is -2.13. The number of carbonyl (C=O) groups excluding carboxylic acids is 1. The van der Waals surface area contributed by atoms with Crippen molar-refractivity contribution in [3.05, 3.63) is 58.4 Å². The summed E-state index contributed by atoms with van der Waals surface area (Å²) in [6.45, 7) is 5.32. The van der Waals surface area contributed by atoms with Crippen LogP contribution in [-0.4, -0.2) is 22.0 Å². The van der Waals surface area contributed by atoms with Gasteiger partial charge in [-0.2, -0.15) is 0 Å². The Morgan fingerprint density at radius 1 is 1.14 bits per heavy atom. The summed E-state index contributed by atoms with van der Waals surface area (Å²) in [6.07, 6.45) is 1.60. The molecule has 1 aromatic carbocycles. The van der Waals surface area contributed by atoms with Gasteiger partial charge in [0.15, 0.2) is 0 Å². The van der Waals surface area contributed by atoms with Gasteiger partial charge < -0.3 is 10.4 Å². The lowest BCUT2D eigenvalue weighted by atomic mass is 10.0. The molecule has 2 N–H and O–H groups in total. The van der Waals surface area contributed by atoms with Gasteiger partial charge in [0.25, 0.3) is 5.91 Å². The van der Waals surface area contributed by atoms with Crippen molar-refractivity contribution in [2.24, 2.45) is 0 Å². The minimum Gasteiger partial charge on any atom is -0.478 e. The van der Waals surface area contributed by atoms with E-state index >= 15 is 0 Å². The number of carboxylic acids is 1. The first kappa shape index (κ1) is 14.7. The molecule has 0 unspecified atom stereocenters. The molecule has 21 heavy (non-hydrogen) atoms. The van der Waals surface area contributed by atoms with Gasteiger partial charge in [0.05, 0.1) is 16.8 Å². The molecule has 1 aromatic heterocycles. The summed E-state index contributed by atoms with van der Waals surface area (Å²) in [5, 5.41) is 12.0. The molecule has 5 nitrogen and oxygen atoms in total. The number of nitrogens with zero attached hydrogens (tertiary/aromatic N) is 1. The third-order valence-corrected chi connectivity index (χ3v) is 3.20. The summed E-state index contributed by atoms with van der Waals surface area (Å²) in [6, 6.07) is 6.70. The van der Waals surface area contributed by atoms with Crippen LogP contribution in [0.3, 0.4) is 0 Å². The van der Waals surface area contributed by atoms with E-state index in [0.29, 0.717) is 22.5 Å². The fourth-order valence-corrected chi connectivity index (χ4v) is 2.21. The molecule has 0 atom stereocenters. The monoisotopic (exact) mass is 284 g/mol. The molecule has 108 valence electrons. The number of anilines is 1. The molecule has 0 saturated heterocycles. The van der Waals surface area contributed by atoms with Crippen molar-refractivity contribution in [1.82, 2.24) is 4.98 Å². The largest absolute Gasteiger partial charge is 0.478 e. The molecule has 0 radical (unpaired) electrons. The highest BCUT2D eigenvalue weighted by atomic mass is 16.4. The van der Waals surface area contributed by atoms with Crippen molar-refractivity contribution in [3.8, 4) is 0 Å². The van der Waals surface area contributed by atoms with E-state index in [4.69, 9.17) is 0 Å². The van der Waals surface area contributed by atoms with Crippen molar-refractivity contribution >= 4 is 17.6 Å². The Hall–Kier alpha value is -2.69. The van der Waals surface area contributed by atoms with Crippen LogP contribution in [0.2, 0.25) is 0 Å². The Labute approximate surface area is 122 Å². The Morgan fingerprint density at radius 2 is 1.86 bits per heavy atom. The first-order chi connectivity index (χ1) is 9.90. The van der Waals surface area contributed by atoms with E-state index in [1.54, 1.807) is 38.2 Å². The quantitative estimate of drug-likeness (QED) is 0.908. The first-order valence-electron chi connectivity index (χ1n) is 6.47. The number of carbonyl (C=O) groups is 2. The zero-order chi connectivity index (χ0) is 15.6. The molecule has 0 fully saturated rings. The summed E-state index contributed by atoms with van der Waals surface area (Å²) in [5.74, 6) is -1.44. The Bertz CT molecular complexity index is 723. The number of hydrogen-bond acceptors (Lipinski definition) is 3. The van der Waals surface area contributed by atoms with Crippen LogP contribution in [0, 0.1) is 20.8 Å². The summed E-state index contributed by atoms with van der Waals surface area (Å²) < 4.78 is 0. The average Bonchev–Trinajstić information content (AvgIpc) is 2.41. The van der Waals surface area contributed by atoms with E-state index in [0.717, 1.165) is 5.56 Å². The number of rotatable bonds is 3. The normalized spacial score (nSPS) is 10.2. The Balaban J connectivity index is 2.42. The molecule has 0 spiro atoms. The van der Waals surface area contributed by atoms with Gasteiger partial charge in [-0.25, -0.2) is 4.79 Å². The molecule has 0 bridgehead atoms. The van der Waals surface area contributed by atoms with Crippen LogP contribution in [-0.2, 0) is 0 Å². The van der Waals surface area contributed by atoms with Gasteiger partial charge in [0.2, 0.25) is 0 Å². The van der Waals surface area contributed by atoms with Gasteiger partial charge in [-0.05, 0) is 50.1 Å². The van der Waals surface area contributed by atoms with Crippen molar-refractivity contribution < 1.29 is 14.7 Å². The standard InChI is InChI=1S/C16H16N2O3/c1-9-7-10(2)14(13(8-9)16(20)21)18-15(19)12-5-4-6-17-11(12)3/h4-8H,1-3H3,(H,18,19)(H,20,21). The molecule has 1 amide bonds. The number of aryl methyl sites for hydroxylation is 3. The molecular weight excluding hydrogens is 268 g/mol. The molecule has 1 heterocycles. The summed E-state index contributed by atoms with van der Waals surface area (Å²) in [5.41, 5.74) is 2.97. The van der Waals surface area contributed by atoms with Crippen molar-refractivity contribution in [2.75, 3.05) is 5.32 Å². The minimum absolute atomic E-state index is 0.0855. The van der Waals surface area contributed by atoms with Gasteiger partial charge >= 0.3 is 5.97 Å². The summed E-state index contributed by atoms with van der Waals surface area (Å²) in [4.78, 5) is 27.7. The van der Waals surface area contributed by atoms with Crippen LogP contribution in [0.4, 0.5) is 5.69 Å². The molecule has 2 rings (SSSR count). The molecule has 2 aromatic rings.